The maximum Gasteiger partial charge on any atom is 0.352 e. The highest BCUT2D eigenvalue weighted by Gasteiger charge is 2.42. The minimum atomic E-state index is -0.592. The molecule has 0 saturated heterocycles. The summed E-state index contributed by atoms with van der Waals surface area (Å²) in [6, 6.07) is 15.8. The van der Waals surface area contributed by atoms with E-state index in [0.29, 0.717) is 17.8 Å². The molecule has 3 atom stereocenters. The minimum absolute atomic E-state index is 0.397. The number of hydrogen-bond donors (Lipinski definition) is 1. The molecular weight excluding hydrogens is 412 g/mol. The summed E-state index contributed by atoms with van der Waals surface area (Å²) in [5.41, 5.74) is -1.05. The second-order valence-electron chi connectivity index (χ2n) is 7.91. The summed E-state index contributed by atoms with van der Waals surface area (Å²) < 4.78 is 6.30. The van der Waals surface area contributed by atoms with Crippen LogP contribution in [0, 0.1) is 0 Å². The van der Waals surface area contributed by atoms with E-state index in [9.17, 15) is 19.2 Å². The Morgan fingerprint density at radius 3 is 1.94 bits per heavy atom. The third-order valence-corrected chi connectivity index (χ3v) is 6.19. The Balaban J connectivity index is 1.51. The highest BCUT2D eigenvalue weighted by atomic mass is 16.2. The SMILES string of the molecule is O=c1[nH]n([C@@H]2C[C@H]3C=C[C@@H]2n2c(=O)n(-c4ccccc4)c(=O)n23)c(=O)n1-c1ccccc1. The van der Waals surface area contributed by atoms with Crippen molar-refractivity contribution in [3.05, 3.63) is 115 Å². The van der Waals surface area contributed by atoms with E-state index in [1.807, 2.05) is 18.2 Å². The average molecular weight is 430 g/mol. The molecule has 4 heterocycles. The van der Waals surface area contributed by atoms with E-state index in [1.54, 1.807) is 54.6 Å². The number of fused-ring (bicyclic) bond motifs is 1. The van der Waals surface area contributed by atoms with Crippen molar-refractivity contribution in [2.75, 3.05) is 0 Å². The van der Waals surface area contributed by atoms with Gasteiger partial charge >= 0.3 is 22.8 Å². The van der Waals surface area contributed by atoms with Crippen molar-refractivity contribution in [2.24, 2.45) is 0 Å². The van der Waals surface area contributed by atoms with Gasteiger partial charge in [0.15, 0.2) is 0 Å². The Labute approximate surface area is 179 Å². The highest BCUT2D eigenvalue weighted by molar-refractivity contribution is 5.32. The summed E-state index contributed by atoms with van der Waals surface area (Å²) in [4.78, 5) is 52.2. The lowest BCUT2D eigenvalue weighted by molar-refractivity contribution is 0.168. The van der Waals surface area contributed by atoms with Crippen molar-refractivity contribution < 1.29 is 0 Å². The fourth-order valence-electron chi connectivity index (χ4n) is 4.79. The molecule has 0 unspecified atom stereocenters. The second kappa shape index (κ2) is 6.58. The molecule has 0 fully saturated rings. The molecule has 2 bridgehead atoms. The Hall–Kier alpha value is -4.34. The number of para-hydroxylation sites is 2. The molecule has 160 valence electrons. The normalized spacial score (nSPS) is 21.1. The first-order valence-corrected chi connectivity index (χ1v) is 10.2. The van der Waals surface area contributed by atoms with Crippen LogP contribution in [0.5, 0.6) is 0 Å². The number of aromatic amines is 1. The maximum absolute atomic E-state index is 13.3. The third-order valence-electron chi connectivity index (χ3n) is 6.19. The molecule has 2 aromatic carbocycles. The van der Waals surface area contributed by atoms with Crippen LogP contribution in [0.15, 0.2) is 92.0 Å². The van der Waals surface area contributed by atoms with Crippen LogP contribution in [-0.4, -0.2) is 28.3 Å². The van der Waals surface area contributed by atoms with Crippen molar-refractivity contribution in [1.82, 2.24) is 28.3 Å². The fraction of sp³-hybridized carbons (Fsp3) is 0.182. The molecule has 4 aromatic rings. The number of allylic oxidation sites excluding steroid dienone is 2. The third kappa shape index (κ3) is 2.40. The topological polar surface area (TPSA) is 109 Å². The van der Waals surface area contributed by atoms with E-state index < -0.39 is 40.9 Å². The quantitative estimate of drug-likeness (QED) is 0.484. The lowest BCUT2D eigenvalue weighted by atomic mass is 9.91. The summed E-state index contributed by atoms with van der Waals surface area (Å²) in [6.45, 7) is 0. The van der Waals surface area contributed by atoms with Crippen LogP contribution in [0.25, 0.3) is 11.4 Å². The van der Waals surface area contributed by atoms with Crippen LogP contribution < -0.4 is 22.8 Å². The standard InChI is InChI=1S/C22H18N6O4/c29-19-23-26(20(30)24(19)14-7-3-1-4-8-14)18-13-16-11-12-17(18)28-22(32)25(21(31)27(16)28)15-9-5-2-6-10-15/h1-12,16-18H,13H2,(H,23,29)/t16-,17+,18-/m1/s1. The molecule has 1 N–H and O–H groups in total. The van der Waals surface area contributed by atoms with Gasteiger partial charge in [0.25, 0.3) is 0 Å². The zero-order valence-electron chi connectivity index (χ0n) is 16.7. The van der Waals surface area contributed by atoms with Gasteiger partial charge in [0.05, 0.1) is 29.5 Å². The van der Waals surface area contributed by atoms with Gasteiger partial charge in [-0.1, -0.05) is 48.6 Å². The Morgan fingerprint density at radius 2 is 1.28 bits per heavy atom. The molecule has 0 amide bonds. The Bertz CT molecular complexity index is 1600. The first-order chi connectivity index (χ1) is 15.6. The van der Waals surface area contributed by atoms with E-state index >= 15 is 0 Å². The van der Waals surface area contributed by atoms with Crippen LogP contribution in [0.3, 0.4) is 0 Å². The van der Waals surface area contributed by atoms with E-state index in [4.69, 9.17) is 0 Å². The number of hydrogen-bond acceptors (Lipinski definition) is 4. The number of nitrogens with zero attached hydrogens (tertiary/aromatic N) is 5. The van der Waals surface area contributed by atoms with Crippen LogP contribution in [0.2, 0.25) is 0 Å². The molecule has 1 aliphatic carbocycles. The number of benzene rings is 2. The molecule has 32 heavy (non-hydrogen) atoms. The van der Waals surface area contributed by atoms with Gasteiger partial charge < -0.3 is 0 Å². The van der Waals surface area contributed by atoms with Crippen molar-refractivity contribution >= 4 is 0 Å². The molecule has 0 saturated carbocycles. The van der Waals surface area contributed by atoms with E-state index in [2.05, 4.69) is 5.10 Å². The molecule has 0 radical (unpaired) electrons. The van der Waals surface area contributed by atoms with Crippen LogP contribution in [0.1, 0.15) is 24.5 Å². The Morgan fingerprint density at radius 1 is 0.688 bits per heavy atom. The first kappa shape index (κ1) is 18.4. The molecule has 10 heteroatoms. The van der Waals surface area contributed by atoms with Gasteiger partial charge in [0.2, 0.25) is 0 Å². The van der Waals surface area contributed by atoms with Crippen LogP contribution in [0.4, 0.5) is 0 Å². The lowest BCUT2D eigenvalue weighted by Crippen LogP contribution is -2.46. The monoisotopic (exact) mass is 430 g/mol. The van der Waals surface area contributed by atoms with Gasteiger partial charge in [-0.15, -0.1) is 0 Å². The van der Waals surface area contributed by atoms with Crippen molar-refractivity contribution in [2.45, 2.75) is 24.5 Å². The van der Waals surface area contributed by atoms with Crippen molar-refractivity contribution in [3.63, 3.8) is 0 Å². The molecule has 0 spiro atoms. The fourth-order valence-corrected chi connectivity index (χ4v) is 4.79. The second-order valence-corrected chi connectivity index (χ2v) is 7.91. The van der Waals surface area contributed by atoms with Crippen molar-refractivity contribution in [1.29, 1.82) is 0 Å². The minimum Gasteiger partial charge on any atom is -0.246 e. The van der Waals surface area contributed by atoms with E-state index in [-0.39, 0.29) is 0 Å². The molecule has 7 rings (SSSR count). The smallest absolute Gasteiger partial charge is 0.246 e. The molecule has 2 aliphatic heterocycles. The van der Waals surface area contributed by atoms with Crippen molar-refractivity contribution in [3.8, 4) is 11.4 Å². The van der Waals surface area contributed by atoms with E-state index in [1.165, 1.54) is 14.0 Å². The highest BCUT2D eigenvalue weighted by Crippen LogP contribution is 2.40. The molecule has 2 aromatic heterocycles. The number of aromatic nitrogens is 6. The summed E-state index contributed by atoms with van der Waals surface area (Å²) in [5, 5.41) is 2.64. The molecule has 3 aliphatic rings. The van der Waals surface area contributed by atoms with Gasteiger partial charge in [0.1, 0.15) is 0 Å². The predicted octanol–water partition coefficient (Wildman–Crippen LogP) is 0.738. The summed E-state index contributed by atoms with van der Waals surface area (Å²) in [6.07, 6.45) is 4.09. The summed E-state index contributed by atoms with van der Waals surface area (Å²) in [7, 11) is 0. The van der Waals surface area contributed by atoms with Gasteiger partial charge in [0, 0.05) is 0 Å². The largest absolute Gasteiger partial charge is 0.352 e. The van der Waals surface area contributed by atoms with Gasteiger partial charge in [-0.25, -0.2) is 47.5 Å². The predicted molar refractivity (Wildman–Crippen MR) is 116 cm³/mol. The maximum atomic E-state index is 13.3. The van der Waals surface area contributed by atoms with Gasteiger partial charge in [-0.05, 0) is 30.7 Å². The lowest BCUT2D eigenvalue weighted by Gasteiger charge is -2.39. The zero-order valence-corrected chi connectivity index (χ0v) is 16.7. The molecule has 10 nitrogen and oxygen atoms in total. The zero-order chi connectivity index (χ0) is 22.0. The van der Waals surface area contributed by atoms with Gasteiger partial charge in [-0.2, -0.15) is 0 Å². The van der Waals surface area contributed by atoms with Gasteiger partial charge in [-0.3, -0.25) is 0 Å². The first-order valence-electron chi connectivity index (χ1n) is 10.2. The molecular formula is C22H18N6O4. The van der Waals surface area contributed by atoms with E-state index in [0.717, 1.165) is 9.13 Å². The van der Waals surface area contributed by atoms with Crippen LogP contribution >= 0.6 is 0 Å². The number of rotatable bonds is 3. The summed E-state index contributed by atoms with van der Waals surface area (Å²) >= 11 is 0. The summed E-state index contributed by atoms with van der Waals surface area (Å²) in [5.74, 6) is 0. The average Bonchev–Trinajstić information content (AvgIpc) is 3.28. The number of nitrogens with one attached hydrogen (secondary N) is 1. The number of H-pyrrole nitrogens is 1. The van der Waals surface area contributed by atoms with Crippen LogP contribution in [-0.2, 0) is 0 Å². The Kier molecular flexibility index (Phi) is 3.79.